The predicted octanol–water partition coefficient (Wildman–Crippen LogP) is 3.80. The molecule has 0 saturated heterocycles. The van der Waals surface area contributed by atoms with Crippen molar-refractivity contribution in [2.75, 3.05) is 0 Å². The number of aromatic nitrogens is 1. The van der Waals surface area contributed by atoms with Gasteiger partial charge in [0, 0.05) is 10.6 Å². The second-order valence-corrected chi connectivity index (χ2v) is 5.35. The average Bonchev–Trinajstić information content (AvgIpc) is 2.41. The maximum Gasteiger partial charge on any atom is 0.335 e. The third-order valence-corrected chi connectivity index (χ3v) is 3.63. The van der Waals surface area contributed by atoms with Crippen molar-refractivity contribution in [3.8, 4) is 0 Å². The fourth-order valence-corrected chi connectivity index (χ4v) is 2.51. The van der Waals surface area contributed by atoms with Crippen molar-refractivity contribution in [3.05, 3.63) is 53.2 Å². The van der Waals surface area contributed by atoms with Crippen LogP contribution in [0.2, 0.25) is 0 Å². The number of hydrogen-bond acceptors (Lipinski definition) is 3. The number of pyridine rings is 1. The summed E-state index contributed by atoms with van der Waals surface area (Å²) < 4.78 is 0. The summed E-state index contributed by atoms with van der Waals surface area (Å²) in [7, 11) is 0. The quantitative estimate of drug-likeness (QED) is 0.920. The van der Waals surface area contributed by atoms with Crippen LogP contribution in [0.1, 0.15) is 28.5 Å². The summed E-state index contributed by atoms with van der Waals surface area (Å²) in [5.74, 6) is -0.914. The van der Waals surface area contributed by atoms with Gasteiger partial charge in [0.15, 0.2) is 0 Å². The molecule has 0 radical (unpaired) electrons. The Hall–Kier alpha value is -1.81. The average molecular weight is 273 g/mol. The largest absolute Gasteiger partial charge is 0.478 e. The molecule has 0 aliphatic carbocycles. The summed E-state index contributed by atoms with van der Waals surface area (Å²) in [6.45, 7) is 4.00. The number of carbonyl (C=O) groups is 1. The van der Waals surface area contributed by atoms with Crippen LogP contribution in [0.3, 0.4) is 0 Å². The van der Waals surface area contributed by atoms with Crippen LogP contribution in [0.15, 0.2) is 46.3 Å². The van der Waals surface area contributed by atoms with E-state index in [0.717, 1.165) is 22.0 Å². The maximum atomic E-state index is 11.1. The molecule has 0 amide bonds. The SMILES string of the molecule is CCc1cc(C(=O)O)cc(Sc2ccc(C)cc2)n1. The second-order valence-electron chi connectivity index (χ2n) is 4.26. The lowest BCUT2D eigenvalue weighted by Gasteiger charge is -2.05. The molecule has 0 fully saturated rings. The maximum absolute atomic E-state index is 11.1. The van der Waals surface area contributed by atoms with Crippen molar-refractivity contribution in [3.63, 3.8) is 0 Å². The minimum atomic E-state index is -0.914. The van der Waals surface area contributed by atoms with Crippen LogP contribution in [0.5, 0.6) is 0 Å². The zero-order chi connectivity index (χ0) is 13.8. The Morgan fingerprint density at radius 2 is 1.95 bits per heavy atom. The summed E-state index contributed by atoms with van der Waals surface area (Å²) in [5, 5.41) is 9.82. The van der Waals surface area contributed by atoms with Crippen LogP contribution in [0.4, 0.5) is 0 Å². The number of nitrogens with zero attached hydrogens (tertiary/aromatic N) is 1. The van der Waals surface area contributed by atoms with E-state index in [1.807, 2.05) is 38.1 Å². The van der Waals surface area contributed by atoms with Crippen molar-refractivity contribution in [2.24, 2.45) is 0 Å². The van der Waals surface area contributed by atoms with Gasteiger partial charge in [0.25, 0.3) is 0 Å². The summed E-state index contributed by atoms with van der Waals surface area (Å²) in [5.41, 5.74) is 2.29. The third kappa shape index (κ3) is 3.58. The van der Waals surface area contributed by atoms with Crippen molar-refractivity contribution in [1.82, 2.24) is 4.98 Å². The van der Waals surface area contributed by atoms with E-state index in [1.165, 1.54) is 17.3 Å². The first-order valence-electron chi connectivity index (χ1n) is 6.07. The Kier molecular flexibility index (Phi) is 4.22. The lowest BCUT2D eigenvalue weighted by molar-refractivity contribution is 0.0696. The van der Waals surface area contributed by atoms with Gasteiger partial charge in [-0.1, -0.05) is 36.4 Å². The van der Waals surface area contributed by atoms with Gasteiger partial charge in [-0.2, -0.15) is 0 Å². The number of aryl methyl sites for hydroxylation is 2. The summed E-state index contributed by atoms with van der Waals surface area (Å²) in [4.78, 5) is 16.6. The molecule has 1 aromatic heterocycles. The fraction of sp³-hybridized carbons (Fsp3) is 0.200. The second kappa shape index (κ2) is 5.89. The van der Waals surface area contributed by atoms with E-state index in [-0.39, 0.29) is 0 Å². The molecule has 1 aromatic carbocycles. The molecule has 0 atom stereocenters. The van der Waals surface area contributed by atoms with E-state index < -0.39 is 5.97 Å². The topological polar surface area (TPSA) is 50.2 Å². The molecule has 1 heterocycles. The zero-order valence-corrected chi connectivity index (χ0v) is 11.7. The molecule has 98 valence electrons. The highest BCUT2D eigenvalue weighted by atomic mass is 32.2. The summed E-state index contributed by atoms with van der Waals surface area (Å²) in [6, 6.07) is 11.3. The zero-order valence-electron chi connectivity index (χ0n) is 10.9. The van der Waals surface area contributed by atoms with Gasteiger partial charge in [-0.3, -0.25) is 0 Å². The smallest absolute Gasteiger partial charge is 0.335 e. The lowest BCUT2D eigenvalue weighted by Crippen LogP contribution is -2.00. The van der Waals surface area contributed by atoms with Gasteiger partial charge in [0.2, 0.25) is 0 Å². The number of carboxylic acids is 1. The molecular weight excluding hydrogens is 258 g/mol. The van der Waals surface area contributed by atoms with Gasteiger partial charge in [0.05, 0.1) is 5.56 Å². The molecular formula is C15H15NO2S. The van der Waals surface area contributed by atoms with E-state index in [0.29, 0.717) is 5.56 Å². The molecule has 2 aromatic rings. The van der Waals surface area contributed by atoms with Crippen LogP contribution < -0.4 is 0 Å². The Labute approximate surface area is 116 Å². The van der Waals surface area contributed by atoms with Crippen molar-refractivity contribution < 1.29 is 9.90 Å². The molecule has 0 unspecified atom stereocenters. The van der Waals surface area contributed by atoms with Crippen LogP contribution in [-0.4, -0.2) is 16.1 Å². The van der Waals surface area contributed by atoms with E-state index in [4.69, 9.17) is 5.11 Å². The third-order valence-electron chi connectivity index (χ3n) is 2.71. The molecule has 1 N–H and O–H groups in total. The first-order chi connectivity index (χ1) is 9.08. The fourth-order valence-electron chi connectivity index (χ4n) is 1.64. The highest BCUT2D eigenvalue weighted by Crippen LogP contribution is 2.27. The van der Waals surface area contributed by atoms with Crippen molar-refractivity contribution >= 4 is 17.7 Å². The van der Waals surface area contributed by atoms with Gasteiger partial charge in [-0.25, -0.2) is 9.78 Å². The van der Waals surface area contributed by atoms with Crippen LogP contribution >= 0.6 is 11.8 Å². The number of benzene rings is 1. The highest BCUT2D eigenvalue weighted by Gasteiger charge is 2.08. The molecule has 4 heteroatoms. The molecule has 0 spiro atoms. The van der Waals surface area contributed by atoms with E-state index >= 15 is 0 Å². The molecule has 0 saturated carbocycles. The number of aromatic carboxylic acids is 1. The van der Waals surface area contributed by atoms with Gasteiger partial charge in [-0.15, -0.1) is 0 Å². The predicted molar refractivity (Wildman–Crippen MR) is 75.9 cm³/mol. The standard InChI is InChI=1S/C15H15NO2S/c1-3-12-8-11(15(17)18)9-14(16-12)19-13-6-4-10(2)5-7-13/h4-9H,3H2,1-2H3,(H,17,18). The lowest BCUT2D eigenvalue weighted by atomic mass is 10.2. The van der Waals surface area contributed by atoms with Crippen molar-refractivity contribution in [2.45, 2.75) is 30.2 Å². The minimum Gasteiger partial charge on any atom is -0.478 e. The Morgan fingerprint density at radius 1 is 1.26 bits per heavy atom. The van der Waals surface area contributed by atoms with Gasteiger partial charge < -0.3 is 5.11 Å². The molecule has 2 rings (SSSR count). The van der Waals surface area contributed by atoms with Crippen LogP contribution in [-0.2, 0) is 6.42 Å². The molecule has 0 aliphatic rings. The minimum absolute atomic E-state index is 0.293. The first kappa shape index (κ1) is 13.6. The Bertz CT molecular complexity index is 594. The van der Waals surface area contributed by atoms with Gasteiger partial charge >= 0.3 is 5.97 Å². The molecule has 19 heavy (non-hydrogen) atoms. The normalized spacial score (nSPS) is 10.4. The summed E-state index contributed by atoms with van der Waals surface area (Å²) >= 11 is 1.48. The Balaban J connectivity index is 2.31. The first-order valence-corrected chi connectivity index (χ1v) is 6.89. The molecule has 0 bridgehead atoms. The molecule has 3 nitrogen and oxygen atoms in total. The highest BCUT2D eigenvalue weighted by molar-refractivity contribution is 7.99. The number of rotatable bonds is 4. The van der Waals surface area contributed by atoms with Gasteiger partial charge in [0.1, 0.15) is 5.03 Å². The monoisotopic (exact) mass is 273 g/mol. The number of hydrogen-bond donors (Lipinski definition) is 1. The summed E-state index contributed by atoms with van der Waals surface area (Å²) in [6.07, 6.45) is 0.725. The molecule has 0 aliphatic heterocycles. The number of carboxylic acid groups (broad SMARTS) is 1. The van der Waals surface area contributed by atoms with Crippen LogP contribution in [0.25, 0.3) is 0 Å². The van der Waals surface area contributed by atoms with Crippen LogP contribution in [0, 0.1) is 6.92 Å². The van der Waals surface area contributed by atoms with Gasteiger partial charge in [-0.05, 0) is 37.6 Å². The van der Waals surface area contributed by atoms with Crippen molar-refractivity contribution in [1.29, 1.82) is 0 Å². The van der Waals surface area contributed by atoms with E-state index in [1.54, 1.807) is 12.1 Å². The van der Waals surface area contributed by atoms with E-state index in [2.05, 4.69) is 4.98 Å². The Morgan fingerprint density at radius 3 is 2.53 bits per heavy atom. The van der Waals surface area contributed by atoms with E-state index in [9.17, 15) is 4.79 Å².